The van der Waals surface area contributed by atoms with Crippen molar-refractivity contribution < 1.29 is 4.79 Å². The van der Waals surface area contributed by atoms with E-state index in [1.54, 1.807) is 4.90 Å². The maximum atomic E-state index is 11.3. The third kappa shape index (κ3) is 5.15. The summed E-state index contributed by atoms with van der Waals surface area (Å²) in [6, 6.07) is 0. The van der Waals surface area contributed by atoms with E-state index in [0.29, 0.717) is 6.42 Å². The van der Waals surface area contributed by atoms with Crippen molar-refractivity contribution in [1.29, 1.82) is 0 Å². The van der Waals surface area contributed by atoms with Crippen molar-refractivity contribution >= 4 is 28.5 Å². The van der Waals surface area contributed by atoms with Gasteiger partial charge in [-0.15, -0.1) is 0 Å². The maximum absolute atomic E-state index is 11.3. The molecule has 0 aromatic heterocycles. The summed E-state index contributed by atoms with van der Waals surface area (Å²) >= 11 is 2.54. The molecule has 1 rings (SSSR count). The molecule has 1 saturated heterocycles. The van der Waals surface area contributed by atoms with Crippen LogP contribution in [0.1, 0.15) is 25.7 Å². The van der Waals surface area contributed by atoms with Crippen molar-refractivity contribution in [3.63, 3.8) is 0 Å². The third-order valence-corrected chi connectivity index (χ3v) is 4.13. The zero-order chi connectivity index (χ0) is 11.3. The molecule has 1 heterocycles. The van der Waals surface area contributed by atoms with E-state index in [1.807, 2.05) is 14.1 Å². The second-order valence-electron chi connectivity index (χ2n) is 4.41. The van der Waals surface area contributed by atoms with Crippen LogP contribution in [-0.2, 0) is 4.79 Å². The van der Waals surface area contributed by atoms with Gasteiger partial charge in [-0.25, -0.2) is 0 Å². The van der Waals surface area contributed by atoms with Gasteiger partial charge in [-0.1, -0.05) is 22.6 Å². The van der Waals surface area contributed by atoms with Gasteiger partial charge in [0.05, 0.1) is 0 Å². The van der Waals surface area contributed by atoms with E-state index in [-0.39, 0.29) is 5.91 Å². The molecule has 1 aliphatic heterocycles. The summed E-state index contributed by atoms with van der Waals surface area (Å²) in [7, 11) is 3.65. The second-order valence-corrected chi connectivity index (χ2v) is 6.17. The lowest BCUT2D eigenvalue weighted by Gasteiger charge is -2.29. The molecule has 88 valence electrons. The summed E-state index contributed by atoms with van der Waals surface area (Å²) in [5.74, 6) is 0.249. The molecule has 0 bridgehead atoms. The average molecular weight is 324 g/mol. The van der Waals surface area contributed by atoms with Gasteiger partial charge in [0, 0.05) is 24.4 Å². The molecule has 1 fully saturated rings. The van der Waals surface area contributed by atoms with Gasteiger partial charge in [0.1, 0.15) is 0 Å². The van der Waals surface area contributed by atoms with E-state index >= 15 is 0 Å². The normalized spacial score (nSPS) is 19.1. The number of halogens is 1. The molecule has 0 aromatic rings. The van der Waals surface area contributed by atoms with Gasteiger partial charge in [-0.2, -0.15) is 0 Å². The quantitative estimate of drug-likeness (QED) is 0.581. The first-order chi connectivity index (χ1) is 7.09. The van der Waals surface area contributed by atoms with Gasteiger partial charge >= 0.3 is 0 Å². The molecule has 0 atom stereocenters. The lowest BCUT2D eigenvalue weighted by atomic mass is 10.1. The highest BCUT2D eigenvalue weighted by molar-refractivity contribution is 14.1. The van der Waals surface area contributed by atoms with Crippen LogP contribution in [0.4, 0.5) is 0 Å². The Balaban J connectivity index is 2.08. The number of rotatable bonds is 4. The highest BCUT2D eigenvalue weighted by atomic mass is 127. The monoisotopic (exact) mass is 324 g/mol. The van der Waals surface area contributed by atoms with Gasteiger partial charge in [0.2, 0.25) is 5.91 Å². The number of alkyl halides is 1. The van der Waals surface area contributed by atoms with Crippen LogP contribution >= 0.6 is 22.6 Å². The Hall–Kier alpha value is 0.160. The summed E-state index contributed by atoms with van der Waals surface area (Å²) in [4.78, 5) is 15.5. The van der Waals surface area contributed by atoms with Gasteiger partial charge in [0.25, 0.3) is 0 Å². The van der Waals surface area contributed by atoms with E-state index in [1.165, 1.54) is 25.9 Å². The van der Waals surface area contributed by atoms with Crippen molar-refractivity contribution in [3.8, 4) is 0 Å². The summed E-state index contributed by atoms with van der Waals surface area (Å²) in [5.41, 5.74) is 0. The summed E-state index contributed by atoms with van der Waals surface area (Å²) in [5, 5.41) is 0. The number of hydrogen-bond acceptors (Lipinski definition) is 2. The number of carbonyl (C=O) groups is 1. The Kier molecular flexibility index (Phi) is 5.89. The van der Waals surface area contributed by atoms with Crippen LogP contribution in [-0.4, -0.2) is 53.4 Å². The van der Waals surface area contributed by atoms with Gasteiger partial charge < -0.3 is 9.80 Å². The Bertz CT molecular complexity index is 201. The summed E-state index contributed by atoms with van der Waals surface area (Å²) < 4.78 is 0.863. The standard InChI is InChI=1S/C11H21IN2O/c1-13(2)11(15)4-3-7-14-8-5-10(12)6-9-14/h10H,3-9H2,1-2H3. The smallest absolute Gasteiger partial charge is 0.222 e. The van der Waals surface area contributed by atoms with Crippen LogP contribution in [0.5, 0.6) is 0 Å². The average Bonchev–Trinajstić information content (AvgIpc) is 2.20. The number of piperidine rings is 1. The van der Waals surface area contributed by atoms with Crippen molar-refractivity contribution in [1.82, 2.24) is 9.80 Å². The molecule has 1 amide bonds. The van der Waals surface area contributed by atoms with Crippen LogP contribution in [0.15, 0.2) is 0 Å². The molecule has 0 aromatic carbocycles. The van der Waals surface area contributed by atoms with E-state index in [4.69, 9.17) is 0 Å². The number of amides is 1. The molecular weight excluding hydrogens is 303 g/mol. The predicted molar refractivity (Wildman–Crippen MR) is 71.4 cm³/mol. The minimum absolute atomic E-state index is 0.249. The van der Waals surface area contributed by atoms with E-state index in [0.717, 1.165) is 16.9 Å². The van der Waals surface area contributed by atoms with Gasteiger partial charge in [-0.05, 0) is 38.9 Å². The Morgan fingerprint density at radius 2 is 2.00 bits per heavy atom. The number of nitrogens with zero attached hydrogens (tertiary/aromatic N) is 2. The molecule has 3 nitrogen and oxygen atoms in total. The van der Waals surface area contributed by atoms with E-state index in [2.05, 4.69) is 27.5 Å². The van der Waals surface area contributed by atoms with E-state index in [9.17, 15) is 4.79 Å². The van der Waals surface area contributed by atoms with Crippen molar-refractivity contribution in [3.05, 3.63) is 0 Å². The lowest BCUT2D eigenvalue weighted by Crippen LogP contribution is -2.35. The zero-order valence-corrected chi connectivity index (χ0v) is 11.9. The molecule has 1 aliphatic rings. The molecule has 15 heavy (non-hydrogen) atoms. The van der Waals surface area contributed by atoms with Crippen LogP contribution in [0.25, 0.3) is 0 Å². The fourth-order valence-electron chi connectivity index (χ4n) is 1.80. The summed E-state index contributed by atoms with van der Waals surface area (Å²) in [6.45, 7) is 3.51. The molecule has 4 heteroatoms. The first-order valence-electron chi connectivity index (χ1n) is 5.66. The minimum atomic E-state index is 0.249. The SMILES string of the molecule is CN(C)C(=O)CCCN1CCC(I)CC1. The van der Waals surface area contributed by atoms with Gasteiger partial charge in [0.15, 0.2) is 0 Å². The maximum Gasteiger partial charge on any atom is 0.222 e. The van der Waals surface area contributed by atoms with Crippen LogP contribution in [0.2, 0.25) is 0 Å². The van der Waals surface area contributed by atoms with Crippen molar-refractivity contribution in [2.75, 3.05) is 33.7 Å². The molecular formula is C11H21IN2O. The Morgan fingerprint density at radius 1 is 1.40 bits per heavy atom. The fourth-order valence-corrected chi connectivity index (χ4v) is 2.36. The van der Waals surface area contributed by atoms with Crippen LogP contribution in [0, 0.1) is 0 Å². The first-order valence-corrected chi connectivity index (χ1v) is 6.90. The molecule has 0 saturated carbocycles. The van der Waals surface area contributed by atoms with Crippen molar-refractivity contribution in [2.24, 2.45) is 0 Å². The largest absolute Gasteiger partial charge is 0.349 e. The highest BCUT2D eigenvalue weighted by Crippen LogP contribution is 2.17. The molecule has 0 aliphatic carbocycles. The first kappa shape index (κ1) is 13.2. The van der Waals surface area contributed by atoms with Crippen LogP contribution in [0.3, 0.4) is 0 Å². The Labute approximate surface area is 106 Å². The fraction of sp³-hybridized carbons (Fsp3) is 0.909. The number of carbonyl (C=O) groups excluding carboxylic acids is 1. The zero-order valence-electron chi connectivity index (χ0n) is 9.71. The lowest BCUT2D eigenvalue weighted by molar-refractivity contribution is -0.128. The highest BCUT2D eigenvalue weighted by Gasteiger charge is 2.16. The molecule has 0 unspecified atom stereocenters. The second kappa shape index (κ2) is 6.68. The van der Waals surface area contributed by atoms with Crippen LogP contribution < -0.4 is 0 Å². The minimum Gasteiger partial charge on any atom is -0.349 e. The molecule has 0 spiro atoms. The third-order valence-electron chi connectivity index (χ3n) is 2.88. The topological polar surface area (TPSA) is 23.6 Å². The van der Waals surface area contributed by atoms with Crippen molar-refractivity contribution in [2.45, 2.75) is 29.6 Å². The molecule has 0 radical (unpaired) electrons. The molecule has 0 N–H and O–H groups in total. The number of likely N-dealkylation sites (tertiary alicyclic amines) is 1. The predicted octanol–water partition coefficient (Wildman–Crippen LogP) is 1.75. The van der Waals surface area contributed by atoms with Gasteiger partial charge in [-0.3, -0.25) is 4.79 Å². The Morgan fingerprint density at radius 3 is 2.53 bits per heavy atom. The van der Waals surface area contributed by atoms with E-state index < -0.39 is 0 Å². The summed E-state index contributed by atoms with van der Waals surface area (Å²) in [6.07, 6.45) is 4.31. The number of hydrogen-bond donors (Lipinski definition) is 0.